The first-order valence-electron chi connectivity index (χ1n) is 7.16. The van der Waals surface area contributed by atoms with Crippen molar-refractivity contribution < 1.29 is 23.8 Å². The molecule has 2 amide bonds. The van der Waals surface area contributed by atoms with Gasteiger partial charge in [0, 0.05) is 12.0 Å². The monoisotopic (exact) mass is 355 g/mol. The lowest BCUT2D eigenvalue weighted by molar-refractivity contribution is -0.119. The molecule has 9 heteroatoms. The molecule has 8 nitrogen and oxygen atoms in total. The number of methoxy groups -OCH3 is 3. The minimum absolute atomic E-state index is 0.00856. The zero-order valence-electron chi connectivity index (χ0n) is 14.0. The average Bonchev–Trinajstić information content (AvgIpc) is 2.58. The van der Waals surface area contributed by atoms with Crippen molar-refractivity contribution in [1.82, 2.24) is 16.2 Å². The van der Waals surface area contributed by atoms with E-state index in [1.54, 1.807) is 0 Å². The normalized spacial score (nSPS) is 9.67. The minimum Gasteiger partial charge on any atom is -0.493 e. The zero-order valence-corrected chi connectivity index (χ0v) is 14.8. The Kier molecular flexibility index (Phi) is 7.76. The number of hydrogen-bond acceptors (Lipinski definition) is 6. The maximum atomic E-state index is 12.2. The number of benzene rings is 1. The van der Waals surface area contributed by atoms with Crippen molar-refractivity contribution in [3.63, 3.8) is 0 Å². The lowest BCUT2D eigenvalue weighted by Crippen LogP contribution is -2.48. The third-order valence-corrected chi connectivity index (χ3v) is 3.15. The van der Waals surface area contributed by atoms with Gasteiger partial charge in [-0.3, -0.25) is 20.4 Å². The molecule has 0 spiro atoms. The highest BCUT2D eigenvalue weighted by molar-refractivity contribution is 7.80. The van der Waals surface area contributed by atoms with Gasteiger partial charge < -0.3 is 19.5 Å². The number of hydrogen-bond donors (Lipinski definition) is 3. The Morgan fingerprint density at radius 3 is 2.08 bits per heavy atom. The molecule has 132 valence electrons. The molecule has 1 aromatic rings. The highest BCUT2D eigenvalue weighted by Gasteiger charge is 2.17. The molecule has 0 bridgehead atoms. The summed E-state index contributed by atoms with van der Waals surface area (Å²) in [4.78, 5) is 23.6. The van der Waals surface area contributed by atoms with Gasteiger partial charge in [0.15, 0.2) is 16.6 Å². The van der Waals surface area contributed by atoms with E-state index in [1.807, 2.05) is 6.92 Å². The number of carbonyl (C=O) groups is 2. The van der Waals surface area contributed by atoms with E-state index in [2.05, 4.69) is 16.2 Å². The Labute approximate surface area is 145 Å². The van der Waals surface area contributed by atoms with E-state index in [4.69, 9.17) is 26.4 Å². The van der Waals surface area contributed by atoms with E-state index in [-0.39, 0.29) is 16.6 Å². The van der Waals surface area contributed by atoms with Crippen LogP contribution < -0.4 is 30.4 Å². The van der Waals surface area contributed by atoms with Gasteiger partial charge in [0.05, 0.1) is 21.3 Å². The van der Waals surface area contributed by atoms with Crippen LogP contribution in [0.2, 0.25) is 0 Å². The van der Waals surface area contributed by atoms with Crippen molar-refractivity contribution in [2.45, 2.75) is 19.8 Å². The van der Waals surface area contributed by atoms with Gasteiger partial charge in [0.1, 0.15) is 0 Å². The molecule has 0 saturated carbocycles. The molecule has 1 aromatic carbocycles. The second-order valence-corrected chi connectivity index (χ2v) is 5.03. The lowest BCUT2D eigenvalue weighted by Gasteiger charge is -2.15. The largest absolute Gasteiger partial charge is 0.493 e. The summed E-state index contributed by atoms with van der Waals surface area (Å²) in [5, 5.41) is 2.46. The SMILES string of the molecule is CCCC(=O)NC(=S)NNC(=O)c1cc(OC)c(OC)c(OC)c1. The molecule has 24 heavy (non-hydrogen) atoms. The van der Waals surface area contributed by atoms with Crippen LogP contribution in [0.15, 0.2) is 12.1 Å². The summed E-state index contributed by atoms with van der Waals surface area (Å²) in [6, 6.07) is 2.99. The predicted octanol–water partition coefficient (Wildman–Crippen LogP) is 1.15. The summed E-state index contributed by atoms with van der Waals surface area (Å²) in [7, 11) is 4.38. The lowest BCUT2D eigenvalue weighted by atomic mass is 10.1. The van der Waals surface area contributed by atoms with Crippen LogP contribution in [-0.2, 0) is 4.79 Å². The molecular formula is C15H21N3O5S. The molecule has 0 atom stereocenters. The summed E-state index contributed by atoms with van der Waals surface area (Å²) in [5.41, 5.74) is 5.11. The van der Waals surface area contributed by atoms with Crippen LogP contribution in [0, 0.1) is 0 Å². The number of hydrazine groups is 1. The molecule has 0 unspecified atom stereocenters. The first-order chi connectivity index (χ1) is 11.5. The predicted molar refractivity (Wildman–Crippen MR) is 92.3 cm³/mol. The van der Waals surface area contributed by atoms with Gasteiger partial charge in [0.25, 0.3) is 5.91 Å². The van der Waals surface area contributed by atoms with Gasteiger partial charge in [0.2, 0.25) is 11.7 Å². The highest BCUT2D eigenvalue weighted by Crippen LogP contribution is 2.38. The maximum Gasteiger partial charge on any atom is 0.269 e. The maximum absolute atomic E-state index is 12.2. The number of amides is 2. The van der Waals surface area contributed by atoms with Crippen LogP contribution in [0.5, 0.6) is 17.2 Å². The summed E-state index contributed by atoms with van der Waals surface area (Å²) in [6.45, 7) is 1.88. The first-order valence-corrected chi connectivity index (χ1v) is 7.57. The Bertz CT molecular complexity index is 596. The van der Waals surface area contributed by atoms with Gasteiger partial charge in [-0.25, -0.2) is 0 Å². The average molecular weight is 355 g/mol. The van der Waals surface area contributed by atoms with Crippen LogP contribution in [-0.4, -0.2) is 38.3 Å². The van der Waals surface area contributed by atoms with E-state index in [0.29, 0.717) is 30.1 Å². The van der Waals surface area contributed by atoms with E-state index in [0.717, 1.165) is 0 Å². The molecule has 0 heterocycles. The van der Waals surface area contributed by atoms with Crippen LogP contribution in [0.1, 0.15) is 30.1 Å². The molecule has 0 fully saturated rings. The molecule has 3 N–H and O–H groups in total. The Balaban J connectivity index is 2.78. The summed E-state index contributed by atoms with van der Waals surface area (Å²) in [5.74, 6) is 0.367. The topological polar surface area (TPSA) is 97.9 Å². The van der Waals surface area contributed by atoms with E-state index < -0.39 is 5.91 Å². The molecule has 1 rings (SSSR count). The number of carbonyl (C=O) groups excluding carboxylic acids is 2. The smallest absolute Gasteiger partial charge is 0.269 e. The number of thiocarbonyl (C=S) groups is 1. The van der Waals surface area contributed by atoms with Gasteiger partial charge in [-0.1, -0.05) is 6.92 Å². The first kappa shape index (κ1) is 19.5. The third-order valence-electron chi connectivity index (χ3n) is 2.95. The van der Waals surface area contributed by atoms with E-state index in [9.17, 15) is 9.59 Å². The van der Waals surface area contributed by atoms with Crippen molar-refractivity contribution in [2.75, 3.05) is 21.3 Å². The minimum atomic E-state index is -0.485. The molecule has 0 radical (unpaired) electrons. The quantitative estimate of drug-likeness (QED) is 0.520. The molecule has 0 aliphatic carbocycles. The standard InChI is InChI=1S/C15H21N3O5S/c1-5-6-12(19)16-15(24)18-17-14(20)9-7-10(21-2)13(23-4)11(8-9)22-3/h7-8H,5-6H2,1-4H3,(H,17,20)(H2,16,18,19,24). The van der Waals surface area contributed by atoms with E-state index in [1.165, 1.54) is 33.5 Å². The van der Waals surface area contributed by atoms with Gasteiger partial charge in [-0.15, -0.1) is 0 Å². The zero-order chi connectivity index (χ0) is 18.1. The van der Waals surface area contributed by atoms with Crippen LogP contribution in [0.25, 0.3) is 0 Å². The van der Waals surface area contributed by atoms with Crippen LogP contribution in [0.4, 0.5) is 0 Å². The number of nitrogens with one attached hydrogen (secondary N) is 3. The molecule has 0 saturated heterocycles. The van der Waals surface area contributed by atoms with Gasteiger partial charge in [-0.05, 0) is 30.8 Å². The van der Waals surface area contributed by atoms with Crippen LogP contribution in [0.3, 0.4) is 0 Å². The molecular weight excluding hydrogens is 334 g/mol. The van der Waals surface area contributed by atoms with Gasteiger partial charge in [-0.2, -0.15) is 0 Å². The summed E-state index contributed by atoms with van der Waals surface area (Å²) < 4.78 is 15.6. The molecule has 0 aliphatic heterocycles. The van der Waals surface area contributed by atoms with Crippen molar-refractivity contribution >= 4 is 29.1 Å². The molecule has 0 aromatic heterocycles. The number of rotatable bonds is 6. The Hall–Kier alpha value is -2.55. The van der Waals surface area contributed by atoms with Crippen molar-refractivity contribution in [2.24, 2.45) is 0 Å². The second-order valence-electron chi connectivity index (χ2n) is 4.62. The number of ether oxygens (including phenoxy) is 3. The summed E-state index contributed by atoms with van der Waals surface area (Å²) in [6.07, 6.45) is 1.05. The van der Waals surface area contributed by atoms with Crippen LogP contribution >= 0.6 is 12.2 Å². The second kappa shape index (κ2) is 9.56. The Morgan fingerprint density at radius 1 is 1.04 bits per heavy atom. The fraction of sp³-hybridized carbons (Fsp3) is 0.400. The van der Waals surface area contributed by atoms with Crippen molar-refractivity contribution in [3.8, 4) is 17.2 Å². The van der Waals surface area contributed by atoms with Crippen molar-refractivity contribution in [1.29, 1.82) is 0 Å². The fourth-order valence-corrected chi connectivity index (χ4v) is 2.01. The van der Waals surface area contributed by atoms with Crippen molar-refractivity contribution in [3.05, 3.63) is 17.7 Å². The van der Waals surface area contributed by atoms with Gasteiger partial charge >= 0.3 is 0 Å². The Morgan fingerprint density at radius 2 is 1.62 bits per heavy atom. The summed E-state index contributed by atoms with van der Waals surface area (Å²) >= 11 is 4.92. The van der Waals surface area contributed by atoms with E-state index >= 15 is 0 Å². The fourth-order valence-electron chi connectivity index (χ4n) is 1.85. The highest BCUT2D eigenvalue weighted by atomic mass is 32.1. The molecule has 0 aliphatic rings. The third kappa shape index (κ3) is 5.27.